The number of benzene rings is 2. The van der Waals surface area contributed by atoms with Gasteiger partial charge in [0.1, 0.15) is 6.07 Å². The second-order valence-electron chi connectivity index (χ2n) is 6.91. The Morgan fingerprint density at radius 2 is 1.93 bits per heavy atom. The molecule has 1 fully saturated rings. The molecule has 0 spiro atoms. The molecule has 1 N–H and O–H groups in total. The molecule has 0 aliphatic carbocycles. The Morgan fingerprint density at radius 3 is 2.68 bits per heavy atom. The van der Waals surface area contributed by atoms with Gasteiger partial charge in [-0.05, 0) is 36.6 Å². The molecular formula is C20H19N3O5. The van der Waals surface area contributed by atoms with E-state index in [1.165, 1.54) is 12.1 Å². The van der Waals surface area contributed by atoms with Crippen molar-refractivity contribution in [3.05, 3.63) is 57.6 Å². The van der Waals surface area contributed by atoms with Crippen molar-refractivity contribution in [3.8, 4) is 17.6 Å². The summed E-state index contributed by atoms with van der Waals surface area (Å²) < 4.78 is 16.5. The number of rotatable bonds is 5. The number of nitrogens with zero attached hydrogens (tertiary/aromatic N) is 2. The van der Waals surface area contributed by atoms with Gasteiger partial charge < -0.3 is 19.5 Å². The third-order valence-electron chi connectivity index (χ3n) is 5.39. The van der Waals surface area contributed by atoms with Gasteiger partial charge in [-0.25, -0.2) is 0 Å². The van der Waals surface area contributed by atoms with E-state index in [9.17, 15) is 15.4 Å². The Balaban J connectivity index is 1.61. The molecule has 8 nitrogen and oxygen atoms in total. The maximum atomic E-state index is 11.0. The van der Waals surface area contributed by atoms with Crippen LogP contribution in [0.25, 0.3) is 0 Å². The van der Waals surface area contributed by atoms with E-state index in [4.69, 9.17) is 14.2 Å². The van der Waals surface area contributed by atoms with Crippen LogP contribution in [-0.2, 0) is 10.2 Å². The first-order valence-electron chi connectivity index (χ1n) is 9.02. The molecular weight excluding hydrogens is 362 g/mol. The fourth-order valence-corrected chi connectivity index (χ4v) is 3.71. The van der Waals surface area contributed by atoms with Gasteiger partial charge in [0.15, 0.2) is 11.5 Å². The molecule has 0 saturated carbocycles. The summed E-state index contributed by atoms with van der Waals surface area (Å²) >= 11 is 0. The molecule has 2 aromatic rings. The van der Waals surface area contributed by atoms with E-state index < -0.39 is 4.92 Å². The quantitative estimate of drug-likeness (QED) is 0.625. The zero-order valence-electron chi connectivity index (χ0n) is 15.1. The first-order valence-corrected chi connectivity index (χ1v) is 9.02. The average molecular weight is 381 g/mol. The van der Waals surface area contributed by atoms with Crippen LogP contribution in [0.3, 0.4) is 0 Å². The third-order valence-corrected chi connectivity index (χ3v) is 5.39. The Kier molecular flexibility index (Phi) is 4.75. The minimum absolute atomic E-state index is 0.0985. The minimum Gasteiger partial charge on any atom is -0.454 e. The van der Waals surface area contributed by atoms with Gasteiger partial charge in [-0.1, -0.05) is 6.07 Å². The van der Waals surface area contributed by atoms with Crippen molar-refractivity contribution in [1.29, 1.82) is 5.26 Å². The van der Waals surface area contributed by atoms with Gasteiger partial charge >= 0.3 is 0 Å². The van der Waals surface area contributed by atoms with Crippen LogP contribution in [0.2, 0.25) is 0 Å². The van der Waals surface area contributed by atoms with Crippen LogP contribution < -0.4 is 14.8 Å². The highest BCUT2D eigenvalue weighted by atomic mass is 16.7. The zero-order chi connectivity index (χ0) is 19.6. The van der Waals surface area contributed by atoms with Crippen LogP contribution in [0.5, 0.6) is 11.5 Å². The van der Waals surface area contributed by atoms with Crippen LogP contribution in [0, 0.1) is 21.4 Å². The van der Waals surface area contributed by atoms with E-state index >= 15 is 0 Å². The van der Waals surface area contributed by atoms with Crippen molar-refractivity contribution in [3.63, 3.8) is 0 Å². The molecule has 0 amide bonds. The summed E-state index contributed by atoms with van der Waals surface area (Å²) in [6, 6.07) is 12.3. The summed E-state index contributed by atoms with van der Waals surface area (Å²) in [6.07, 6.45) is 1.63. The lowest BCUT2D eigenvalue weighted by molar-refractivity contribution is -0.384. The lowest BCUT2D eigenvalue weighted by Gasteiger charge is -2.38. The minimum atomic E-state index is -0.503. The molecule has 0 unspecified atom stereocenters. The largest absolute Gasteiger partial charge is 0.454 e. The molecule has 144 valence electrons. The van der Waals surface area contributed by atoms with Crippen LogP contribution in [-0.4, -0.2) is 31.5 Å². The predicted molar refractivity (Wildman–Crippen MR) is 101 cm³/mol. The summed E-state index contributed by atoms with van der Waals surface area (Å²) in [4.78, 5) is 10.5. The topological polar surface area (TPSA) is 107 Å². The Morgan fingerprint density at radius 1 is 1.14 bits per heavy atom. The maximum absolute atomic E-state index is 11.0. The van der Waals surface area contributed by atoms with Gasteiger partial charge in [-0.2, -0.15) is 5.26 Å². The highest BCUT2D eigenvalue weighted by Gasteiger charge is 2.35. The summed E-state index contributed by atoms with van der Waals surface area (Å²) in [6.45, 7) is 2.08. The van der Waals surface area contributed by atoms with E-state index in [0.29, 0.717) is 25.4 Å². The van der Waals surface area contributed by atoms with Gasteiger partial charge in [0.25, 0.3) is 5.69 Å². The smallest absolute Gasteiger partial charge is 0.270 e. The van der Waals surface area contributed by atoms with Gasteiger partial charge in [0, 0.05) is 37.3 Å². The number of ether oxygens (including phenoxy) is 3. The summed E-state index contributed by atoms with van der Waals surface area (Å²) in [5.41, 5.74) is 1.65. The zero-order valence-corrected chi connectivity index (χ0v) is 15.1. The molecule has 0 bridgehead atoms. The third kappa shape index (κ3) is 3.32. The molecule has 2 heterocycles. The molecule has 28 heavy (non-hydrogen) atoms. The van der Waals surface area contributed by atoms with Crippen molar-refractivity contribution in [2.24, 2.45) is 0 Å². The molecule has 0 radical (unpaired) electrons. The van der Waals surface area contributed by atoms with E-state index in [2.05, 4.69) is 5.32 Å². The number of anilines is 1. The first kappa shape index (κ1) is 18.1. The average Bonchev–Trinajstić information content (AvgIpc) is 3.20. The van der Waals surface area contributed by atoms with E-state index in [-0.39, 0.29) is 23.5 Å². The van der Waals surface area contributed by atoms with Gasteiger partial charge in [0.2, 0.25) is 6.79 Å². The maximum Gasteiger partial charge on any atom is 0.270 e. The highest BCUT2D eigenvalue weighted by Crippen LogP contribution is 2.41. The molecule has 2 aliphatic heterocycles. The van der Waals surface area contributed by atoms with Crippen molar-refractivity contribution in [2.45, 2.75) is 18.3 Å². The fourth-order valence-electron chi connectivity index (χ4n) is 3.71. The fraction of sp³-hybridized carbons (Fsp3) is 0.350. The van der Waals surface area contributed by atoms with Gasteiger partial charge in [0.05, 0.1) is 16.2 Å². The molecule has 2 aromatic carbocycles. The normalized spacial score (nSPS) is 17.0. The van der Waals surface area contributed by atoms with Crippen molar-refractivity contribution >= 4 is 11.4 Å². The van der Waals surface area contributed by atoms with Gasteiger partial charge in [-0.15, -0.1) is 0 Å². The molecule has 0 atom stereocenters. The number of nitriles is 1. The summed E-state index contributed by atoms with van der Waals surface area (Å²) in [7, 11) is 0. The number of hydrogen-bond acceptors (Lipinski definition) is 7. The Bertz CT molecular complexity index is 947. The molecule has 0 aromatic heterocycles. The standard InChI is InChI=1S/C20H19N3O5/c21-11-14-9-16(23(24)25)2-3-17(14)22-12-20(5-7-26-8-6-20)15-1-4-18-19(10-15)28-13-27-18/h1-4,9-10,22H,5-8,12-13H2. The second-order valence-corrected chi connectivity index (χ2v) is 6.91. The van der Waals surface area contributed by atoms with Crippen LogP contribution in [0.15, 0.2) is 36.4 Å². The number of nitro benzene ring substituents is 1. The van der Waals surface area contributed by atoms with Crippen molar-refractivity contribution < 1.29 is 19.1 Å². The molecule has 1 saturated heterocycles. The van der Waals surface area contributed by atoms with Crippen LogP contribution in [0.1, 0.15) is 24.0 Å². The number of hydrogen-bond donors (Lipinski definition) is 1. The van der Waals surface area contributed by atoms with E-state index in [1.54, 1.807) is 6.07 Å². The number of fused-ring (bicyclic) bond motifs is 1. The second kappa shape index (κ2) is 7.37. The van der Waals surface area contributed by atoms with Crippen molar-refractivity contribution in [2.75, 3.05) is 31.9 Å². The molecule has 2 aliphatic rings. The molecule has 8 heteroatoms. The summed E-state index contributed by atoms with van der Waals surface area (Å²) in [5.74, 6) is 1.47. The van der Waals surface area contributed by atoms with Crippen LogP contribution >= 0.6 is 0 Å². The SMILES string of the molecule is N#Cc1cc([N+](=O)[O-])ccc1NCC1(c2ccc3c(c2)OCO3)CCOCC1. The molecule has 4 rings (SSSR count). The van der Waals surface area contributed by atoms with Crippen molar-refractivity contribution in [1.82, 2.24) is 0 Å². The Hall–Kier alpha value is -3.31. The summed E-state index contributed by atoms with van der Waals surface area (Å²) in [5, 5.41) is 23.7. The number of nitrogens with one attached hydrogen (secondary N) is 1. The van der Waals surface area contributed by atoms with Gasteiger partial charge in [-0.3, -0.25) is 10.1 Å². The predicted octanol–water partition coefficient (Wildman–Crippen LogP) is 3.36. The van der Waals surface area contributed by atoms with E-state index in [1.807, 2.05) is 24.3 Å². The monoisotopic (exact) mass is 381 g/mol. The number of nitro groups is 1. The first-order chi connectivity index (χ1) is 13.6. The lowest BCUT2D eigenvalue weighted by atomic mass is 9.74. The number of non-ortho nitro benzene ring substituents is 1. The Labute approximate surface area is 161 Å². The van der Waals surface area contributed by atoms with Crippen LogP contribution in [0.4, 0.5) is 11.4 Å². The van der Waals surface area contributed by atoms with E-state index in [0.717, 1.165) is 29.9 Å². The lowest BCUT2D eigenvalue weighted by Crippen LogP contribution is -2.40. The highest BCUT2D eigenvalue weighted by molar-refractivity contribution is 5.61.